The number of piperidine rings is 1. The van der Waals surface area contributed by atoms with Crippen LogP contribution in [-0.4, -0.2) is 33.1 Å². The molecule has 3 N–H and O–H groups in total. The SMILES string of the molecule is C[C@@H]1CC(Nc2nccc(-c3c[nH]c4ccccc34)n2)C[C@@H](C)N1. The second-order valence-corrected chi connectivity index (χ2v) is 6.79. The van der Waals surface area contributed by atoms with Gasteiger partial charge >= 0.3 is 0 Å². The fourth-order valence-corrected chi connectivity index (χ4v) is 3.73. The average molecular weight is 321 g/mol. The average Bonchev–Trinajstić information content (AvgIpc) is 2.98. The molecule has 0 unspecified atom stereocenters. The van der Waals surface area contributed by atoms with E-state index in [2.05, 4.69) is 52.6 Å². The fourth-order valence-electron chi connectivity index (χ4n) is 3.73. The van der Waals surface area contributed by atoms with Crippen molar-refractivity contribution in [3.8, 4) is 11.3 Å². The van der Waals surface area contributed by atoms with Crippen LogP contribution < -0.4 is 10.6 Å². The van der Waals surface area contributed by atoms with E-state index in [9.17, 15) is 0 Å². The number of hydrogen-bond donors (Lipinski definition) is 3. The lowest BCUT2D eigenvalue weighted by atomic mass is 9.95. The molecule has 1 saturated heterocycles. The molecular formula is C19H23N5. The lowest BCUT2D eigenvalue weighted by Gasteiger charge is -2.33. The monoisotopic (exact) mass is 321 g/mol. The summed E-state index contributed by atoms with van der Waals surface area (Å²) in [5.74, 6) is 0.712. The summed E-state index contributed by atoms with van der Waals surface area (Å²) in [6, 6.07) is 11.7. The molecule has 5 nitrogen and oxygen atoms in total. The zero-order chi connectivity index (χ0) is 16.5. The van der Waals surface area contributed by atoms with Crippen LogP contribution in [0.2, 0.25) is 0 Å². The van der Waals surface area contributed by atoms with Gasteiger partial charge in [-0.3, -0.25) is 0 Å². The number of anilines is 1. The van der Waals surface area contributed by atoms with E-state index < -0.39 is 0 Å². The third kappa shape index (κ3) is 2.99. The number of benzene rings is 1. The van der Waals surface area contributed by atoms with Gasteiger partial charge in [0.2, 0.25) is 5.95 Å². The second-order valence-electron chi connectivity index (χ2n) is 6.79. The summed E-state index contributed by atoms with van der Waals surface area (Å²) < 4.78 is 0. The summed E-state index contributed by atoms with van der Waals surface area (Å²) in [4.78, 5) is 12.5. The highest BCUT2D eigenvalue weighted by molar-refractivity contribution is 5.94. The van der Waals surface area contributed by atoms with E-state index in [0.717, 1.165) is 29.6 Å². The first-order chi connectivity index (χ1) is 11.7. The Kier molecular flexibility index (Phi) is 3.94. The summed E-state index contributed by atoms with van der Waals surface area (Å²) in [6.45, 7) is 4.46. The minimum absolute atomic E-state index is 0.412. The number of nitrogens with zero attached hydrogens (tertiary/aromatic N) is 2. The molecule has 24 heavy (non-hydrogen) atoms. The van der Waals surface area contributed by atoms with Crippen LogP contribution in [0.5, 0.6) is 0 Å². The van der Waals surface area contributed by atoms with Crippen molar-refractivity contribution in [3.05, 3.63) is 42.7 Å². The van der Waals surface area contributed by atoms with E-state index >= 15 is 0 Å². The molecular weight excluding hydrogens is 298 g/mol. The van der Waals surface area contributed by atoms with E-state index in [1.165, 1.54) is 5.39 Å². The van der Waals surface area contributed by atoms with Gasteiger partial charge in [-0.05, 0) is 38.8 Å². The van der Waals surface area contributed by atoms with Crippen LogP contribution in [0, 0.1) is 0 Å². The highest BCUT2D eigenvalue weighted by Gasteiger charge is 2.23. The van der Waals surface area contributed by atoms with Gasteiger partial charge in [0.25, 0.3) is 0 Å². The number of hydrogen-bond acceptors (Lipinski definition) is 4. The smallest absolute Gasteiger partial charge is 0.223 e. The standard InChI is InChI=1S/C19H23N5/c1-12-9-14(10-13(2)22-12)23-19-20-8-7-18(24-19)16-11-21-17-6-4-3-5-15(16)17/h3-8,11-14,21-22H,9-10H2,1-2H3,(H,20,23,24)/t12-,13-/m1/s1. The Morgan fingerprint density at radius 2 is 1.88 bits per heavy atom. The molecule has 0 saturated carbocycles. The summed E-state index contributed by atoms with van der Waals surface area (Å²) in [7, 11) is 0. The largest absolute Gasteiger partial charge is 0.360 e. The van der Waals surface area contributed by atoms with Crippen molar-refractivity contribution in [1.82, 2.24) is 20.3 Å². The molecule has 2 atom stereocenters. The van der Waals surface area contributed by atoms with Gasteiger partial charge < -0.3 is 15.6 Å². The minimum atomic E-state index is 0.412. The predicted octanol–water partition coefficient (Wildman–Crippen LogP) is 3.57. The topological polar surface area (TPSA) is 65.6 Å². The Morgan fingerprint density at radius 3 is 2.71 bits per heavy atom. The van der Waals surface area contributed by atoms with Crippen molar-refractivity contribution in [2.45, 2.75) is 44.8 Å². The molecule has 1 aliphatic rings. The normalized spacial score (nSPS) is 24.2. The quantitative estimate of drug-likeness (QED) is 0.690. The molecule has 4 rings (SSSR count). The van der Waals surface area contributed by atoms with Crippen molar-refractivity contribution in [1.29, 1.82) is 0 Å². The van der Waals surface area contributed by atoms with Crippen LogP contribution in [0.1, 0.15) is 26.7 Å². The molecule has 0 radical (unpaired) electrons. The maximum atomic E-state index is 4.75. The van der Waals surface area contributed by atoms with Crippen LogP contribution in [0.4, 0.5) is 5.95 Å². The first kappa shape index (κ1) is 15.1. The van der Waals surface area contributed by atoms with Gasteiger partial charge in [0, 0.05) is 47.0 Å². The van der Waals surface area contributed by atoms with E-state index in [-0.39, 0.29) is 0 Å². The number of para-hydroxylation sites is 1. The number of aromatic amines is 1. The van der Waals surface area contributed by atoms with Crippen LogP contribution in [-0.2, 0) is 0 Å². The Balaban J connectivity index is 1.60. The van der Waals surface area contributed by atoms with Gasteiger partial charge in [0.05, 0.1) is 5.69 Å². The molecule has 0 spiro atoms. The maximum Gasteiger partial charge on any atom is 0.223 e. The lowest BCUT2D eigenvalue weighted by Crippen LogP contribution is -2.46. The Bertz CT molecular complexity index is 830. The van der Waals surface area contributed by atoms with Crippen LogP contribution in [0.25, 0.3) is 22.2 Å². The molecule has 5 heteroatoms. The van der Waals surface area contributed by atoms with Gasteiger partial charge in [-0.1, -0.05) is 18.2 Å². The maximum absolute atomic E-state index is 4.75. The molecule has 1 aromatic carbocycles. The predicted molar refractivity (Wildman–Crippen MR) is 98.0 cm³/mol. The molecule has 0 aliphatic carbocycles. The minimum Gasteiger partial charge on any atom is -0.360 e. The van der Waals surface area contributed by atoms with Gasteiger partial charge in [-0.25, -0.2) is 9.97 Å². The van der Waals surface area contributed by atoms with Gasteiger partial charge in [-0.15, -0.1) is 0 Å². The number of fused-ring (bicyclic) bond motifs is 1. The van der Waals surface area contributed by atoms with Crippen LogP contribution in [0.15, 0.2) is 42.7 Å². The molecule has 2 aromatic heterocycles. The number of rotatable bonds is 3. The Labute approximate surface area is 141 Å². The third-order valence-corrected chi connectivity index (χ3v) is 4.70. The van der Waals surface area contributed by atoms with Crippen molar-refractivity contribution < 1.29 is 0 Å². The molecule has 3 aromatic rings. The van der Waals surface area contributed by atoms with Gasteiger partial charge in [0.15, 0.2) is 0 Å². The highest BCUT2D eigenvalue weighted by Crippen LogP contribution is 2.27. The lowest BCUT2D eigenvalue weighted by molar-refractivity contribution is 0.329. The first-order valence-electron chi connectivity index (χ1n) is 8.61. The van der Waals surface area contributed by atoms with E-state index in [1.54, 1.807) is 0 Å². The summed E-state index contributed by atoms with van der Waals surface area (Å²) >= 11 is 0. The Hall–Kier alpha value is -2.40. The van der Waals surface area contributed by atoms with Crippen LogP contribution in [0.3, 0.4) is 0 Å². The van der Waals surface area contributed by atoms with Gasteiger partial charge in [-0.2, -0.15) is 0 Å². The molecule has 124 valence electrons. The van der Waals surface area contributed by atoms with Crippen molar-refractivity contribution in [3.63, 3.8) is 0 Å². The van der Waals surface area contributed by atoms with Crippen molar-refractivity contribution in [2.75, 3.05) is 5.32 Å². The van der Waals surface area contributed by atoms with Crippen molar-refractivity contribution >= 4 is 16.9 Å². The summed E-state index contributed by atoms with van der Waals surface area (Å²) in [6.07, 6.45) is 6.03. The van der Waals surface area contributed by atoms with Crippen molar-refractivity contribution in [2.24, 2.45) is 0 Å². The van der Waals surface area contributed by atoms with E-state index in [1.807, 2.05) is 24.5 Å². The fraction of sp³-hybridized carbons (Fsp3) is 0.368. The zero-order valence-electron chi connectivity index (χ0n) is 14.1. The number of aromatic nitrogens is 3. The molecule has 1 aliphatic heterocycles. The summed E-state index contributed by atoms with van der Waals surface area (Å²) in [5.41, 5.74) is 3.18. The van der Waals surface area contributed by atoms with E-state index in [0.29, 0.717) is 24.1 Å². The third-order valence-electron chi connectivity index (χ3n) is 4.70. The molecule has 1 fully saturated rings. The number of H-pyrrole nitrogens is 1. The molecule has 3 heterocycles. The molecule has 0 bridgehead atoms. The highest BCUT2D eigenvalue weighted by atomic mass is 15.1. The zero-order valence-corrected chi connectivity index (χ0v) is 14.1. The van der Waals surface area contributed by atoms with Gasteiger partial charge in [0.1, 0.15) is 0 Å². The summed E-state index contributed by atoms with van der Waals surface area (Å²) in [5, 5.41) is 8.27. The van der Waals surface area contributed by atoms with E-state index in [4.69, 9.17) is 4.98 Å². The van der Waals surface area contributed by atoms with Crippen LogP contribution >= 0.6 is 0 Å². The Morgan fingerprint density at radius 1 is 1.08 bits per heavy atom. The molecule has 0 amide bonds. The second kappa shape index (κ2) is 6.24. The number of nitrogens with one attached hydrogen (secondary N) is 3. The first-order valence-corrected chi connectivity index (χ1v) is 8.61.